The Morgan fingerprint density at radius 2 is 2.21 bits per heavy atom. The number of nitrogens with one attached hydrogen (secondary N) is 2. The van der Waals surface area contributed by atoms with Crippen LogP contribution >= 0.6 is 0 Å². The molecule has 0 aromatic heterocycles. The number of para-hydroxylation sites is 1. The zero-order valence-electron chi connectivity index (χ0n) is 8.72. The maximum atomic E-state index is 3.59. The van der Waals surface area contributed by atoms with Crippen molar-refractivity contribution in [3.63, 3.8) is 0 Å². The normalized spacial score (nSPS) is 21.9. The van der Waals surface area contributed by atoms with Gasteiger partial charge >= 0.3 is 0 Å². The molecule has 2 heteroatoms. The summed E-state index contributed by atoms with van der Waals surface area (Å²) in [6.45, 7) is 4.42. The van der Waals surface area contributed by atoms with Gasteiger partial charge in [0, 0.05) is 18.3 Å². The van der Waals surface area contributed by atoms with Crippen LogP contribution in [0.4, 0.5) is 5.69 Å². The quantitative estimate of drug-likeness (QED) is 0.746. The fourth-order valence-corrected chi connectivity index (χ4v) is 1.93. The molecule has 0 amide bonds. The molecule has 14 heavy (non-hydrogen) atoms. The van der Waals surface area contributed by atoms with Gasteiger partial charge in [-0.1, -0.05) is 18.2 Å². The largest absolute Gasteiger partial charge is 0.381 e. The van der Waals surface area contributed by atoms with Crippen LogP contribution in [0.15, 0.2) is 24.3 Å². The highest BCUT2D eigenvalue weighted by molar-refractivity contribution is 5.51. The van der Waals surface area contributed by atoms with Gasteiger partial charge in [-0.15, -0.1) is 0 Å². The Morgan fingerprint density at radius 3 is 2.93 bits per heavy atom. The Bertz CT molecular complexity index is 290. The fraction of sp³-hybridized carbons (Fsp3) is 0.500. The first kappa shape index (κ1) is 9.53. The predicted molar refractivity (Wildman–Crippen MR) is 60.7 cm³/mol. The van der Waals surface area contributed by atoms with Gasteiger partial charge in [-0.2, -0.15) is 0 Å². The standard InChI is InChI=1S/C12H18N2/c1-10-5-2-3-7-12(10)14-11-6-4-8-13-9-11/h2-3,5,7,11,13-14H,4,6,8-9H2,1H3. The SMILES string of the molecule is Cc1ccccc1NC1CCCNC1. The van der Waals surface area contributed by atoms with E-state index < -0.39 is 0 Å². The highest BCUT2D eigenvalue weighted by atomic mass is 15.0. The molecule has 1 aromatic rings. The van der Waals surface area contributed by atoms with E-state index in [9.17, 15) is 0 Å². The Kier molecular flexibility index (Phi) is 3.04. The molecule has 0 radical (unpaired) electrons. The predicted octanol–water partition coefficient (Wildman–Crippen LogP) is 2.16. The molecule has 0 saturated carbocycles. The summed E-state index contributed by atoms with van der Waals surface area (Å²) in [5, 5.41) is 7.00. The molecule has 1 fully saturated rings. The molecular weight excluding hydrogens is 172 g/mol. The highest BCUT2D eigenvalue weighted by Crippen LogP contribution is 2.16. The third-order valence-electron chi connectivity index (χ3n) is 2.80. The smallest absolute Gasteiger partial charge is 0.0386 e. The third kappa shape index (κ3) is 2.26. The van der Waals surface area contributed by atoms with Crippen LogP contribution in [0.3, 0.4) is 0 Å². The van der Waals surface area contributed by atoms with E-state index in [4.69, 9.17) is 0 Å². The van der Waals surface area contributed by atoms with E-state index in [-0.39, 0.29) is 0 Å². The molecule has 2 rings (SSSR count). The summed E-state index contributed by atoms with van der Waals surface area (Å²) in [7, 11) is 0. The Morgan fingerprint density at radius 1 is 1.36 bits per heavy atom. The van der Waals surface area contributed by atoms with Crippen LogP contribution < -0.4 is 10.6 Å². The van der Waals surface area contributed by atoms with Gasteiger partial charge in [0.2, 0.25) is 0 Å². The van der Waals surface area contributed by atoms with Crippen molar-refractivity contribution in [3.8, 4) is 0 Å². The van der Waals surface area contributed by atoms with Crippen LogP contribution in [0, 0.1) is 6.92 Å². The Balaban J connectivity index is 1.99. The van der Waals surface area contributed by atoms with Crippen molar-refractivity contribution in [1.29, 1.82) is 0 Å². The fourth-order valence-electron chi connectivity index (χ4n) is 1.93. The molecule has 1 atom stereocenters. The molecule has 1 aliphatic rings. The number of hydrogen-bond donors (Lipinski definition) is 2. The lowest BCUT2D eigenvalue weighted by Crippen LogP contribution is -2.38. The second kappa shape index (κ2) is 4.47. The zero-order chi connectivity index (χ0) is 9.80. The summed E-state index contributed by atoms with van der Waals surface area (Å²) >= 11 is 0. The number of hydrogen-bond acceptors (Lipinski definition) is 2. The van der Waals surface area contributed by atoms with Crippen molar-refractivity contribution in [2.24, 2.45) is 0 Å². The van der Waals surface area contributed by atoms with Crippen molar-refractivity contribution in [2.45, 2.75) is 25.8 Å². The van der Waals surface area contributed by atoms with Crippen molar-refractivity contribution >= 4 is 5.69 Å². The minimum absolute atomic E-state index is 0.602. The Hall–Kier alpha value is -1.02. The molecule has 1 aliphatic heterocycles. The maximum absolute atomic E-state index is 3.59. The second-order valence-electron chi connectivity index (χ2n) is 4.00. The first-order valence-corrected chi connectivity index (χ1v) is 5.39. The maximum Gasteiger partial charge on any atom is 0.0386 e. The monoisotopic (exact) mass is 190 g/mol. The van der Waals surface area contributed by atoms with Gasteiger partial charge in [-0.3, -0.25) is 0 Å². The van der Waals surface area contributed by atoms with Gasteiger partial charge in [-0.25, -0.2) is 0 Å². The van der Waals surface area contributed by atoms with Gasteiger partial charge in [0.1, 0.15) is 0 Å². The lowest BCUT2D eigenvalue weighted by atomic mass is 10.1. The van der Waals surface area contributed by atoms with Gasteiger partial charge < -0.3 is 10.6 Å². The van der Waals surface area contributed by atoms with Crippen molar-refractivity contribution in [2.75, 3.05) is 18.4 Å². The lowest BCUT2D eigenvalue weighted by molar-refractivity contribution is 0.480. The number of anilines is 1. The van der Waals surface area contributed by atoms with E-state index in [1.807, 2.05) is 0 Å². The van der Waals surface area contributed by atoms with E-state index in [0.717, 1.165) is 6.54 Å². The van der Waals surface area contributed by atoms with Crippen molar-refractivity contribution in [1.82, 2.24) is 5.32 Å². The van der Waals surface area contributed by atoms with Gasteiger partial charge in [0.05, 0.1) is 0 Å². The molecule has 0 aliphatic carbocycles. The number of piperidine rings is 1. The van der Waals surface area contributed by atoms with Gasteiger partial charge in [-0.05, 0) is 37.9 Å². The number of benzene rings is 1. The molecule has 1 heterocycles. The van der Waals surface area contributed by atoms with Crippen LogP contribution in [0.5, 0.6) is 0 Å². The van der Waals surface area contributed by atoms with Gasteiger partial charge in [0.15, 0.2) is 0 Å². The van der Waals surface area contributed by atoms with Crippen molar-refractivity contribution in [3.05, 3.63) is 29.8 Å². The van der Waals surface area contributed by atoms with Crippen molar-refractivity contribution < 1.29 is 0 Å². The molecule has 1 aromatic carbocycles. The van der Waals surface area contributed by atoms with E-state index in [0.29, 0.717) is 6.04 Å². The highest BCUT2D eigenvalue weighted by Gasteiger charge is 2.12. The Labute approximate surface area is 85.7 Å². The molecule has 1 saturated heterocycles. The molecule has 2 nitrogen and oxygen atoms in total. The molecule has 0 spiro atoms. The minimum Gasteiger partial charge on any atom is -0.381 e. The van der Waals surface area contributed by atoms with Crippen LogP contribution in [0.25, 0.3) is 0 Å². The average Bonchev–Trinajstić information content (AvgIpc) is 2.23. The zero-order valence-corrected chi connectivity index (χ0v) is 8.72. The van der Waals surface area contributed by atoms with E-state index in [1.54, 1.807) is 0 Å². The van der Waals surface area contributed by atoms with Gasteiger partial charge in [0.25, 0.3) is 0 Å². The van der Waals surface area contributed by atoms with Crippen LogP contribution in [-0.4, -0.2) is 19.1 Å². The topological polar surface area (TPSA) is 24.1 Å². The number of aryl methyl sites for hydroxylation is 1. The summed E-state index contributed by atoms with van der Waals surface area (Å²) in [5.74, 6) is 0. The second-order valence-corrected chi connectivity index (χ2v) is 4.00. The lowest BCUT2D eigenvalue weighted by Gasteiger charge is -2.25. The van der Waals surface area contributed by atoms with Crippen LogP contribution in [0.1, 0.15) is 18.4 Å². The third-order valence-corrected chi connectivity index (χ3v) is 2.80. The molecule has 1 unspecified atom stereocenters. The summed E-state index contributed by atoms with van der Waals surface area (Å²) in [6, 6.07) is 9.08. The average molecular weight is 190 g/mol. The molecule has 76 valence electrons. The summed E-state index contributed by atoms with van der Waals surface area (Å²) < 4.78 is 0. The van der Waals surface area contributed by atoms with Crippen LogP contribution in [-0.2, 0) is 0 Å². The summed E-state index contributed by atoms with van der Waals surface area (Å²) in [4.78, 5) is 0. The van der Waals surface area contributed by atoms with E-state index >= 15 is 0 Å². The van der Waals surface area contributed by atoms with E-state index in [1.165, 1.54) is 30.6 Å². The van der Waals surface area contributed by atoms with E-state index in [2.05, 4.69) is 41.8 Å². The summed E-state index contributed by atoms with van der Waals surface area (Å²) in [6.07, 6.45) is 2.56. The number of rotatable bonds is 2. The first-order valence-electron chi connectivity index (χ1n) is 5.39. The summed E-state index contributed by atoms with van der Waals surface area (Å²) in [5.41, 5.74) is 2.61. The molecular formula is C12H18N2. The van der Waals surface area contributed by atoms with Crippen LogP contribution in [0.2, 0.25) is 0 Å². The first-order chi connectivity index (χ1) is 6.86. The minimum atomic E-state index is 0.602. The molecule has 0 bridgehead atoms. The molecule has 2 N–H and O–H groups in total.